The fourth-order valence-corrected chi connectivity index (χ4v) is 4.92. The Hall–Kier alpha value is -3.34. The molecule has 0 aliphatic heterocycles. The van der Waals surface area contributed by atoms with E-state index in [1.165, 1.54) is 38.5 Å². The number of rotatable bonds is 38. The molecule has 0 aliphatic carbocycles. The molecule has 0 radical (unpaired) electrons. The van der Waals surface area contributed by atoms with Gasteiger partial charge in [0.2, 0.25) is 23.6 Å². The molecule has 0 saturated heterocycles. The molecule has 0 heterocycles. The molecule has 4 amide bonds. The second-order valence-electron chi connectivity index (χ2n) is 12.3. The van der Waals surface area contributed by atoms with Gasteiger partial charge in [-0.15, -0.1) is 0 Å². The summed E-state index contributed by atoms with van der Waals surface area (Å²) in [6.45, 7) is 1.56. The fourth-order valence-electron chi connectivity index (χ4n) is 4.92. The highest BCUT2D eigenvalue weighted by Crippen LogP contribution is 2.14. The Bertz CT molecular complexity index is 954. The number of nitrogens with two attached hydrogens (primary N) is 1. The third kappa shape index (κ3) is 36.3. The zero-order valence-corrected chi connectivity index (χ0v) is 30.4. The van der Waals surface area contributed by atoms with E-state index < -0.39 is 23.9 Å². The van der Waals surface area contributed by atoms with Gasteiger partial charge in [0.15, 0.2) is 0 Å². The minimum absolute atomic E-state index is 0.0219. The monoisotopic (exact) mass is 731 g/mol. The first-order chi connectivity index (χ1) is 24.6. The largest absolute Gasteiger partial charge is 0.550 e. The quantitative estimate of drug-likeness (QED) is 0.0561. The van der Waals surface area contributed by atoms with Crippen LogP contribution in [0, 0.1) is 0 Å². The highest BCUT2D eigenvalue weighted by Gasteiger charge is 2.20. The van der Waals surface area contributed by atoms with Gasteiger partial charge < -0.3 is 55.6 Å². The van der Waals surface area contributed by atoms with E-state index in [1.54, 1.807) is 0 Å². The molecule has 0 unspecified atom stereocenters. The number of carbonyl (C=O) groups excluding carboxylic acids is 5. The number of aliphatic carboxylic acids is 2. The van der Waals surface area contributed by atoms with Crippen molar-refractivity contribution in [3.63, 3.8) is 0 Å². The Kier molecular flexibility index (Phi) is 32.8. The maximum atomic E-state index is 12.3. The molecule has 16 heteroatoms. The molecule has 296 valence electrons. The molecule has 51 heavy (non-hydrogen) atoms. The van der Waals surface area contributed by atoms with Crippen LogP contribution in [0.15, 0.2) is 0 Å². The first-order valence-electron chi connectivity index (χ1n) is 18.5. The third-order valence-electron chi connectivity index (χ3n) is 7.69. The molecule has 0 spiro atoms. The molecular weight excluding hydrogens is 668 g/mol. The summed E-state index contributed by atoms with van der Waals surface area (Å²) in [7, 11) is 0. The average molecular weight is 732 g/mol. The molecule has 0 aromatic carbocycles. The topological polar surface area (TPSA) is 245 Å². The second kappa shape index (κ2) is 35.1. The highest BCUT2D eigenvalue weighted by molar-refractivity contribution is 5.84. The van der Waals surface area contributed by atoms with Crippen LogP contribution in [-0.2, 0) is 47.7 Å². The molecule has 0 aliphatic rings. The summed E-state index contributed by atoms with van der Waals surface area (Å²) in [4.78, 5) is 68.6. The van der Waals surface area contributed by atoms with Gasteiger partial charge in [-0.25, -0.2) is 4.79 Å². The van der Waals surface area contributed by atoms with Crippen molar-refractivity contribution in [1.82, 2.24) is 16.0 Å². The zero-order chi connectivity index (χ0) is 37.8. The van der Waals surface area contributed by atoms with Gasteiger partial charge in [-0.2, -0.15) is 0 Å². The molecule has 0 saturated carbocycles. The van der Waals surface area contributed by atoms with Crippen LogP contribution < -0.4 is 26.8 Å². The maximum absolute atomic E-state index is 12.3. The van der Waals surface area contributed by atoms with E-state index in [9.17, 15) is 39.0 Å². The maximum Gasteiger partial charge on any atom is 0.326 e. The van der Waals surface area contributed by atoms with E-state index in [2.05, 4.69) is 16.0 Å². The van der Waals surface area contributed by atoms with Gasteiger partial charge in [-0.3, -0.25) is 19.2 Å². The molecule has 0 bridgehead atoms. The standard InChI is InChI=1S/C35H64N4O12/c36-30(40)27-50-25-23-49-22-20-38-33(43)28-51-26-24-48-21-19-37-31(41)18-17-29(35(46)47)39-32(42)15-13-11-9-7-5-3-1-2-4-6-8-10-12-14-16-34(44)45/h29H,1-28H2,(H2,36,40)(H,37,41)(H,38,43)(H,39,42)(H,44,45)(H,46,47)/p-1/t29-/m0/s1. The lowest BCUT2D eigenvalue weighted by Gasteiger charge is -2.14. The number of primary amides is 1. The van der Waals surface area contributed by atoms with E-state index >= 15 is 0 Å². The third-order valence-corrected chi connectivity index (χ3v) is 7.69. The van der Waals surface area contributed by atoms with E-state index in [4.69, 9.17) is 24.7 Å². The number of carboxylic acids is 2. The molecule has 0 aromatic rings. The van der Waals surface area contributed by atoms with Crippen LogP contribution in [0.4, 0.5) is 0 Å². The summed E-state index contributed by atoms with van der Waals surface area (Å²) in [5.41, 5.74) is 4.94. The number of hydrogen-bond acceptors (Lipinski definition) is 11. The lowest BCUT2D eigenvalue weighted by molar-refractivity contribution is -0.305. The predicted octanol–water partition coefficient (Wildman–Crippen LogP) is 1.11. The number of unbranched alkanes of at least 4 members (excludes halogenated alkanes) is 13. The van der Waals surface area contributed by atoms with Crippen LogP contribution in [0.25, 0.3) is 0 Å². The predicted molar refractivity (Wildman–Crippen MR) is 186 cm³/mol. The van der Waals surface area contributed by atoms with Gasteiger partial charge in [0.05, 0.1) is 39.6 Å². The van der Waals surface area contributed by atoms with Crippen molar-refractivity contribution in [3.05, 3.63) is 0 Å². The van der Waals surface area contributed by atoms with Crippen molar-refractivity contribution in [2.24, 2.45) is 5.73 Å². The van der Waals surface area contributed by atoms with Crippen LogP contribution >= 0.6 is 0 Å². The summed E-state index contributed by atoms with van der Waals surface area (Å²) in [6, 6.07) is -1.13. The number of nitrogens with one attached hydrogen (secondary N) is 3. The van der Waals surface area contributed by atoms with Gasteiger partial charge in [0.1, 0.15) is 19.3 Å². The van der Waals surface area contributed by atoms with Crippen molar-refractivity contribution < 1.29 is 57.9 Å². The summed E-state index contributed by atoms with van der Waals surface area (Å²) in [6.07, 6.45) is 15.2. The number of carbonyl (C=O) groups is 6. The van der Waals surface area contributed by atoms with Crippen molar-refractivity contribution in [3.8, 4) is 0 Å². The van der Waals surface area contributed by atoms with Gasteiger partial charge in [0, 0.05) is 31.9 Å². The summed E-state index contributed by atoms with van der Waals surface area (Å²) in [5.74, 6) is -3.69. The van der Waals surface area contributed by atoms with Gasteiger partial charge in [0.25, 0.3) is 0 Å². The van der Waals surface area contributed by atoms with E-state index in [-0.39, 0.29) is 103 Å². The van der Waals surface area contributed by atoms with E-state index in [0.29, 0.717) is 19.4 Å². The number of hydrogen-bond donors (Lipinski definition) is 5. The summed E-state index contributed by atoms with van der Waals surface area (Å²) < 4.78 is 20.7. The smallest absolute Gasteiger partial charge is 0.326 e. The second-order valence-corrected chi connectivity index (χ2v) is 12.3. The van der Waals surface area contributed by atoms with Gasteiger partial charge in [-0.05, 0) is 25.7 Å². The Morgan fingerprint density at radius 2 is 0.961 bits per heavy atom. The minimum Gasteiger partial charge on any atom is -0.550 e. The fraction of sp³-hybridized carbons (Fsp3) is 0.829. The lowest BCUT2D eigenvalue weighted by atomic mass is 10.0. The summed E-state index contributed by atoms with van der Waals surface area (Å²) in [5, 5.41) is 27.6. The molecule has 6 N–H and O–H groups in total. The van der Waals surface area contributed by atoms with E-state index in [0.717, 1.165) is 38.5 Å². The SMILES string of the molecule is NC(=O)COCCOCCNC(=O)COCCOCCNC(=O)CC[C@H](NC(=O)CCCCCCCCCCCCCCCCC(=O)[O-])C(=O)O. The Morgan fingerprint density at radius 3 is 1.43 bits per heavy atom. The Labute approximate surface area is 302 Å². The zero-order valence-electron chi connectivity index (χ0n) is 30.4. The Morgan fingerprint density at radius 1 is 0.529 bits per heavy atom. The van der Waals surface area contributed by atoms with E-state index in [1.807, 2.05) is 0 Å². The van der Waals surface area contributed by atoms with Crippen molar-refractivity contribution in [1.29, 1.82) is 0 Å². The van der Waals surface area contributed by atoms with Crippen LogP contribution in [0.1, 0.15) is 116 Å². The van der Waals surface area contributed by atoms with Crippen molar-refractivity contribution in [2.75, 3.05) is 65.9 Å². The number of carboxylic acid groups (broad SMARTS) is 2. The Balaban J connectivity index is 3.66. The minimum atomic E-state index is -1.18. The number of ether oxygens (including phenoxy) is 4. The molecule has 0 fully saturated rings. The highest BCUT2D eigenvalue weighted by atomic mass is 16.5. The molecule has 1 atom stereocenters. The van der Waals surface area contributed by atoms with Crippen LogP contribution in [-0.4, -0.2) is 113 Å². The first kappa shape index (κ1) is 47.7. The number of amides is 4. The van der Waals surface area contributed by atoms with Gasteiger partial charge >= 0.3 is 5.97 Å². The molecule has 16 nitrogen and oxygen atoms in total. The molecular formula is C35H63N4O12-. The first-order valence-corrected chi connectivity index (χ1v) is 18.5. The summed E-state index contributed by atoms with van der Waals surface area (Å²) >= 11 is 0. The molecule has 0 aromatic heterocycles. The van der Waals surface area contributed by atoms with Crippen molar-refractivity contribution >= 4 is 35.6 Å². The van der Waals surface area contributed by atoms with Crippen LogP contribution in [0.3, 0.4) is 0 Å². The molecule has 0 rings (SSSR count). The van der Waals surface area contributed by atoms with Gasteiger partial charge in [-0.1, -0.05) is 77.0 Å². The lowest BCUT2D eigenvalue weighted by Crippen LogP contribution is -2.41. The normalized spacial score (nSPS) is 11.5. The van der Waals surface area contributed by atoms with Crippen molar-refractivity contribution in [2.45, 2.75) is 122 Å². The van der Waals surface area contributed by atoms with Crippen LogP contribution in [0.5, 0.6) is 0 Å². The van der Waals surface area contributed by atoms with Crippen LogP contribution in [0.2, 0.25) is 0 Å². The average Bonchev–Trinajstić information content (AvgIpc) is 3.08.